The molecule has 3 aromatic carbocycles. The first-order valence-corrected chi connectivity index (χ1v) is 11.1. The number of hydrogen-bond acceptors (Lipinski definition) is 4. The van der Waals surface area contributed by atoms with E-state index in [1.54, 1.807) is 12.1 Å². The predicted octanol–water partition coefficient (Wildman–Crippen LogP) is 5.53. The van der Waals surface area contributed by atoms with Gasteiger partial charge in [-0.25, -0.2) is 9.78 Å². The summed E-state index contributed by atoms with van der Waals surface area (Å²) in [5, 5.41) is 9.03. The van der Waals surface area contributed by atoms with Crippen molar-refractivity contribution < 1.29 is 19.4 Å². The zero-order valence-electron chi connectivity index (χ0n) is 19.1. The van der Waals surface area contributed by atoms with Crippen molar-refractivity contribution in [2.24, 2.45) is 0 Å². The molecule has 0 aliphatic heterocycles. The second-order valence-corrected chi connectivity index (χ2v) is 8.13. The number of carbonyl (C=O) groups excluding carboxylic acids is 1. The molecule has 0 spiro atoms. The predicted molar refractivity (Wildman–Crippen MR) is 132 cm³/mol. The van der Waals surface area contributed by atoms with Crippen LogP contribution in [0.1, 0.15) is 40.7 Å². The molecular formula is C28H26N2O4. The number of nitrogens with zero attached hydrogens (tertiary/aromatic N) is 2. The first kappa shape index (κ1) is 23.0. The number of imidazole rings is 1. The first-order chi connectivity index (χ1) is 16.4. The van der Waals surface area contributed by atoms with E-state index < -0.39 is 12.1 Å². The Morgan fingerprint density at radius 2 is 1.82 bits per heavy atom. The van der Waals surface area contributed by atoms with Gasteiger partial charge in [0.05, 0.1) is 11.0 Å². The van der Waals surface area contributed by atoms with Gasteiger partial charge in [-0.15, -0.1) is 0 Å². The topological polar surface area (TPSA) is 81.4 Å². The van der Waals surface area contributed by atoms with E-state index in [9.17, 15) is 9.59 Å². The molecule has 4 rings (SSSR count). The van der Waals surface area contributed by atoms with Crippen molar-refractivity contribution in [2.75, 3.05) is 0 Å². The van der Waals surface area contributed by atoms with Crippen LogP contribution in [0.15, 0.2) is 78.9 Å². The molecule has 1 unspecified atom stereocenters. The third-order valence-corrected chi connectivity index (χ3v) is 5.52. The number of para-hydroxylation sites is 2. The number of carbonyl (C=O) groups is 2. The number of aromatic nitrogens is 2. The Hall–Kier alpha value is -4.19. The normalized spacial score (nSPS) is 12.2. The number of aryl methyl sites for hydroxylation is 2. The van der Waals surface area contributed by atoms with Crippen molar-refractivity contribution in [1.82, 2.24) is 9.55 Å². The number of rotatable bonds is 9. The van der Waals surface area contributed by atoms with Crippen LogP contribution in [0.2, 0.25) is 0 Å². The van der Waals surface area contributed by atoms with Gasteiger partial charge >= 0.3 is 5.97 Å². The van der Waals surface area contributed by atoms with Crippen molar-refractivity contribution >= 4 is 28.9 Å². The molecule has 0 radical (unpaired) electrons. The third-order valence-electron chi connectivity index (χ3n) is 5.52. The molecule has 1 aromatic heterocycles. The fourth-order valence-corrected chi connectivity index (χ4v) is 3.68. The number of hydrogen-bond donors (Lipinski definition) is 1. The largest absolute Gasteiger partial charge is 0.479 e. The van der Waals surface area contributed by atoms with Crippen LogP contribution in [0.5, 0.6) is 5.75 Å². The van der Waals surface area contributed by atoms with Crippen LogP contribution in [0, 0.1) is 6.92 Å². The molecular weight excluding hydrogens is 428 g/mol. The van der Waals surface area contributed by atoms with Gasteiger partial charge in [0.15, 0.2) is 11.9 Å². The van der Waals surface area contributed by atoms with E-state index >= 15 is 0 Å². The Labute approximate surface area is 198 Å². The van der Waals surface area contributed by atoms with E-state index in [1.807, 2.05) is 84.3 Å². The minimum atomic E-state index is -1.01. The summed E-state index contributed by atoms with van der Waals surface area (Å²) in [5.41, 5.74) is 4.33. The van der Waals surface area contributed by atoms with Gasteiger partial charge in [0.25, 0.3) is 0 Å². The number of carboxylic acid groups (broad SMARTS) is 1. The van der Waals surface area contributed by atoms with Crippen LogP contribution in [-0.4, -0.2) is 32.5 Å². The van der Waals surface area contributed by atoms with Crippen molar-refractivity contribution in [3.05, 3.63) is 101 Å². The Morgan fingerprint density at radius 3 is 2.59 bits per heavy atom. The summed E-state index contributed by atoms with van der Waals surface area (Å²) < 4.78 is 7.41. The molecule has 1 atom stereocenters. The molecule has 34 heavy (non-hydrogen) atoms. The number of fused-ring (bicyclic) bond motifs is 1. The lowest BCUT2D eigenvalue weighted by Crippen LogP contribution is -2.22. The molecule has 0 aliphatic carbocycles. The van der Waals surface area contributed by atoms with Crippen molar-refractivity contribution in [3.63, 3.8) is 0 Å². The number of aliphatic carboxylic acids is 1. The van der Waals surface area contributed by atoms with Gasteiger partial charge < -0.3 is 14.4 Å². The van der Waals surface area contributed by atoms with Gasteiger partial charge in [-0.2, -0.15) is 0 Å². The molecule has 172 valence electrons. The summed E-state index contributed by atoms with van der Waals surface area (Å²) in [6.45, 7) is 4.08. The van der Waals surface area contributed by atoms with E-state index in [1.165, 1.54) is 6.92 Å². The minimum absolute atomic E-state index is 0.0995. The summed E-state index contributed by atoms with van der Waals surface area (Å²) in [4.78, 5) is 28.9. The van der Waals surface area contributed by atoms with Crippen LogP contribution >= 0.6 is 0 Å². The van der Waals surface area contributed by atoms with Gasteiger partial charge in [-0.3, -0.25) is 4.79 Å². The second-order valence-electron chi connectivity index (χ2n) is 8.13. The van der Waals surface area contributed by atoms with E-state index in [0.717, 1.165) is 22.2 Å². The molecule has 4 aromatic rings. The second kappa shape index (κ2) is 10.2. The number of ether oxygens (including phenoxy) is 1. The Morgan fingerprint density at radius 1 is 1.06 bits per heavy atom. The molecule has 1 heterocycles. The third kappa shape index (κ3) is 5.23. The highest BCUT2D eigenvalue weighted by Crippen LogP contribution is 2.20. The average molecular weight is 455 g/mol. The SMILES string of the molecule is Cc1ccc(C(=O)c2nc3ccccc3n2CC/C=C/c2cccc(OC(C)C(=O)O)c2)cc1. The smallest absolute Gasteiger partial charge is 0.344 e. The minimum Gasteiger partial charge on any atom is -0.479 e. The summed E-state index contributed by atoms with van der Waals surface area (Å²) in [7, 11) is 0. The standard InChI is InChI=1S/C28H26N2O4/c1-19-13-15-22(16-14-19)26(31)27-29-24-11-3-4-12-25(24)30(27)17-6-5-8-21-9-7-10-23(18-21)34-20(2)28(32)33/h3-5,7-16,18,20H,6,17H2,1-2H3,(H,32,33)/b8-5+. The van der Waals surface area contributed by atoms with Crippen molar-refractivity contribution in [2.45, 2.75) is 32.9 Å². The van der Waals surface area contributed by atoms with E-state index in [2.05, 4.69) is 4.98 Å². The number of ketones is 1. The monoisotopic (exact) mass is 454 g/mol. The van der Waals surface area contributed by atoms with Crippen molar-refractivity contribution in [1.29, 1.82) is 0 Å². The summed E-state index contributed by atoms with van der Waals surface area (Å²) >= 11 is 0. The molecule has 6 nitrogen and oxygen atoms in total. The van der Waals surface area contributed by atoms with Gasteiger partial charge in [0, 0.05) is 12.1 Å². The highest BCUT2D eigenvalue weighted by Gasteiger charge is 2.18. The zero-order valence-corrected chi connectivity index (χ0v) is 19.1. The fraction of sp³-hybridized carbons (Fsp3) is 0.179. The van der Waals surface area contributed by atoms with Gasteiger partial charge in [-0.1, -0.05) is 66.2 Å². The fourth-order valence-electron chi connectivity index (χ4n) is 3.68. The summed E-state index contributed by atoms with van der Waals surface area (Å²) in [6, 6.07) is 22.6. The lowest BCUT2D eigenvalue weighted by Gasteiger charge is -2.10. The maximum Gasteiger partial charge on any atom is 0.344 e. The number of allylic oxidation sites excluding steroid dienone is 1. The summed E-state index contributed by atoms with van der Waals surface area (Å²) in [5.74, 6) is -0.179. The maximum absolute atomic E-state index is 13.2. The van der Waals surface area contributed by atoms with E-state index in [4.69, 9.17) is 9.84 Å². The van der Waals surface area contributed by atoms with Crippen LogP contribution in [0.4, 0.5) is 0 Å². The molecule has 1 N–H and O–H groups in total. The molecule has 0 saturated carbocycles. The molecule has 6 heteroatoms. The molecule has 0 aliphatic rings. The van der Waals surface area contributed by atoms with Gasteiger partial charge in [0.2, 0.25) is 5.78 Å². The average Bonchev–Trinajstić information content (AvgIpc) is 3.20. The maximum atomic E-state index is 13.2. The quantitative estimate of drug-likeness (QED) is 0.336. The molecule has 0 amide bonds. The van der Waals surface area contributed by atoms with E-state index in [0.29, 0.717) is 30.1 Å². The lowest BCUT2D eigenvalue weighted by atomic mass is 10.1. The Bertz CT molecular complexity index is 1350. The van der Waals surface area contributed by atoms with Crippen molar-refractivity contribution in [3.8, 4) is 5.75 Å². The van der Waals surface area contributed by atoms with Crippen LogP contribution < -0.4 is 4.74 Å². The number of carboxylic acids is 1. The Kier molecular flexibility index (Phi) is 6.87. The highest BCUT2D eigenvalue weighted by molar-refractivity contribution is 6.08. The Balaban J connectivity index is 1.52. The number of benzene rings is 3. The van der Waals surface area contributed by atoms with Crippen LogP contribution in [0.25, 0.3) is 17.1 Å². The van der Waals surface area contributed by atoms with Gasteiger partial charge in [-0.05, 0) is 50.1 Å². The van der Waals surface area contributed by atoms with Gasteiger partial charge in [0.1, 0.15) is 5.75 Å². The molecule has 0 saturated heterocycles. The van der Waals surface area contributed by atoms with Crippen LogP contribution in [-0.2, 0) is 11.3 Å². The molecule has 0 fully saturated rings. The summed E-state index contributed by atoms with van der Waals surface area (Å²) in [6.07, 6.45) is 3.75. The highest BCUT2D eigenvalue weighted by atomic mass is 16.5. The zero-order chi connectivity index (χ0) is 24.1. The molecule has 0 bridgehead atoms. The lowest BCUT2D eigenvalue weighted by molar-refractivity contribution is -0.144. The first-order valence-electron chi connectivity index (χ1n) is 11.1. The van der Waals surface area contributed by atoms with Crippen LogP contribution in [0.3, 0.4) is 0 Å². The van der Waals surface area contributed by atoms with E-state index in [-0.39, 0.29) is 5.78 Å².